The van der Waals surface area contributed by atoms with Crippen LogP contribution in [-0.2, 0) is 13.0 Å². The summed E-state index contributed by atoms with van der Waals surface area (Å²) in [6, 6.07) is 15.8. The molecule has 0 radical (unpaired) electrons. The molecule has 0 unspecified atom stereocenters. The van der Waals surface area contributed by atoms with Crippen molar-refractivity contribution in [1.82, 2.24) is 4.90 Å². The Bertz CT molecular complexity index is 642. The van der Waals surface area contributed by atoms with Crippen molar-refractivity contribution in [3.63, 3.8) is 0 Å². The van der Waals surface area contributed by atoms with Crippen LogP contribution in [0.3, 0.4) is 0 Å². The Morgan fingerprint density at radius 2 is 1.86 bits per heavy atom. The van der Waals surface area contributed by atoms with Gasteiger partial charge in [0.1, 0.15) is 0 Å². The van der Waals surface area contributed by atoms with Crippen molar-refractivity contribution in [3.05, 3.63) is 53.6 Å². The summed E-state index contributed by atoms with van der Waals surface area (Å²) in [6.07, 6.45) is 3.86. The van der Waals surface area contributed by atoms with Crippen LogP contribution in [0.25, 0.3) is 11.1 Å². The van der Waals surface area contributed by atoms with Crippen LogP contribution in [0, 0.1) is 0 Å². The van der Waals surface area contributed by atoms with Crippen LogP contribution in [-0.4, -0.2) is 24.5 Å². The molecule has 2 nitrogen and oxygen atoms in total. The van der Waals surface area contributed by atoms with Gasteiger partial charge in [-0.1, -0.05) is 30.3 Å². The first-order valence-electron chi connectivity index (χ1n) is 8.07. The van der Waals surface area contributed by atoms with E-state index in [0.717, 1.165) is 19.5 Å². The van der Waals surface area contributed by atoms with Crippen LogP contribution in [0.2, 0.25) is 0 Å². The van der Waals surface area contributed by atoms with Gasteiger partial charge in [-0.3, -0.25) is 4.90 Å². The highest BCUT2D eigenvalue weighted by molar-refractivity contribution is 5.72. The fraction of sp³-hybridized carbons (Fsp3) is 0.368. The van der Waals surface area contributed by atoms with E-state index in [4.69, 9.17) is 0 Å². The summed E-state index contributed by atoms with van der Waals surface area (Å²) in [6.45, 7) is 4.67. The predicted octanol–water partition coefficient (Wildman–Crippen LogP) is 3.92. The van der Waals surface area contributed by atoms with Gasteiger partial charge in [-0.05, 0) is 66.7 Å². The van der Waals surface area contributed by atoms with E-state index in [-0.39, 0.29) is 0 Å². The average Bonchev–Trinajstić information content (AvgIpc) is 3.18. The molecule has 1 saturated heterocycles. The van der Waals surface area contributed by atoms with E-state index in [9.17, 15) is 0 Å². The lowest BCUT2D eigenvalue weighted by molar-refractivity contribution is 0.332. The quantitative estimate of drug-likeness (QED) is 0.915. The van der Waals surface area contributed by atoms with Crippen LogP contribution in [0.5, 0.6) is 0 Å². The lowest BCUT2D eigenvalue weighted by atomic mass is 9.97. The normalized spacial score (nSPS) is 17.7. The predicted molar refractivity (Wildman–Crippen MR) is 88.6 cm³/mol. The molecule has 0 aromatic heterocycles. The fourth-order valence-electron chi connectivity index (χ4n) is 3.59. The highest BCUT2D eigenvalue weighted by Gasteiger charge is 2.15. The van der Waals surface area contributed by atoms with Crippen molar-refractivity contribution in [1.29, 1.82) is 0 Å². The standard InChI is InChI=1S/C19H22N2/c1-2-6-18(17(5-1)14-21-11-3-4-12-21)15-7-8-19-16(13-15)9-10-20-19/h1-2,5-8,13,20H,3-4,9-12,14H2. The van der Waals surface area contributed by atoms with E-state index >= 15 is 0 Å². The average molecular weight is 278 g/mol. The summed E-state index contributed by atoms with van der Waals surface area (Å²) in [4.78, 5) is 2.58. The van der Waals surface area contributed by atoms with Gasteiger partial charge in [0.2, 0.25) is 0 Å². The number of hydrogen-bond donors (Lipinski definition) is 1. The summed E-state index contributed by atoms with van der Waals surface area (Å²) in [7, 11) is 0. The molecular formula is C19H22N2. The smallest absolute Gasteiger partial charge is 0.0373 e. The minimum absolute atomic E-state index is 1.08. The molecule has 0 bridgehead atoms. The first-order valence-corrected chi connectivity index (χ1v) is 8.07. The van der Waals surface area contributed by atoms with Gasteiger partial charge in [0.25, 0.3) is 0 Å². The molecule has 2 aliphatic heterocycles. The summed E-state index contributed by atoms with van der Waals surface area (Å²) in [5.41, 5.74) is 7.01. The molecular weight excluding hydrogens is 256 g/mol. The third kappa shape index (κ3) is 2.56. The molecule has 2 aliphatic rings. The van der Waals surface area contributed by atoms with Gasteiger partial charge in [-0.2, -0.15) is 0 Å². The van der Waals surface area contributed by atoms with Gasteiger partial charge in [0.05, 0.1) is 0 Å². The molecule has 1 fully saturated rings. The number of nitrogens with zero attached hydrogens (tertiary/aromatic N) is 1. The maximum absolute atomic E-state index is 3.44. The van der Waals surface area contributed by atoms with Crippen LogP contribution in [0.15, 0.2) is 42.5 Å². The summed E-state index contributed by atoms with van der Waals surface area (Å²) < 4.78 is 0. The largest absolute Gasteiger partial charge is 0.384 e. The zero-order valence-electron chi connectivity index (χ0n) is 12.4. The number of hydrogen-bond acceptors (Lipinski definition) is 2. The number of benzene rings is 2. The molecule has 108 valence electrons. The van der Waals surface area contributed by atoms with Crippen LogP contribution < -0.4 is 5.32 Å². The third-order valence-electron chi connectivity index (χ3n) is 4.74. The van der Waals surface area contributed by atoms with Crippen molar-refractivity contribution < 1.29 is 0 Å². The molecule has 1 N–H and O–H groups in total. The Balaban J connectivity index is 1.67. The molecule has 2 heteroatoms. The molecule has 0 aliphatic carbocycles. The molecule has 0 amide bonds. The molecule has 2 aromatic carbocycles. The maximum atomic E-state index is 3.44. The van der Waals surface area contributed by atoms with E-state index < -0.39 is 0 Å². The summed E-state index contributed by atoms with van der Waals surface area (Å²) >= 11 is 0. The first-order chi connectivity index (χ1) is 10.4. The third-order valence-corrected chi connectivity index (χ3v) is 4.74. The fourth-order valence-corrected chi connectivity index (χ4v) is 3.59. The Labute approximate surface area is 126 Å². The highest BCUT2D eigenvalue weighted by Crippen LogP contribution is 2.31. The van der Waals surface area contributed by atoms with Gasteiger partial charge in [0, 0.05) is 18.8 Å². The molecule has 0 atom stereocenters. The minimum Gasteiger partial charge on any atom is -0.384 e. The highest BCUT2D eigenvalue weighted by atomic mass is 15.1. The van der Waals surface area contributed by atoms with Crippen LogP contribution >= 0.6 is 0 Å². The van der Waals surface area contributed by atoms with E-state index in [1.54, 1.807) is 0 Å². The van der Waals surface area contributed by atoms with Gasteiger partial charge in [0.15, 0.2) is 0 Å². The van der Waals surface area contributed by atoms with E-state index in [0.29, 0.717) is 0 Å². The Morgan fingerprint density at radius 3 is 2.76 bits per heavy atom. The lowest BCUT2D eigenvalue weighted by Crippen LogP contribution is -2.18. The van der Waals surface area contributed by atoms with Crippen molar-refractivity contribution in [3.8, 4) is 11.1 Å². The number of anilines is 1. The van der Waals surface area contributed by atoms with Crippen molar-refractivity contribution in [2.75, 3.05) is 25.0 Å². The van der Waals surface area contributed by atoms with Crippen LogP contribution in [0.4, 0.5) is 5.69 Å². The van der Waals surface area contributed by atoms with Crippen LogP contribution in [0.1, 0.15) is 24.0 Å². The van der Waals surface area contributed by atoms with Gasteiger partial charge < -0.3 is 5.32 Å². The van der Waals surface area contributed by atoms with Gasteiger partial charge in [-0.15, -0.1) is 0 Å². The monoisotopic (exact) mass is 278 g/mol. The second-order valence-corrected chi connectivity index (χ2v) is 6.19. The lowest BCUT2D eigenvalue weighted by Gasteiger charge is -2.18. The number of likely N-dealkylation sites (tertiary alicyclic amines) is 1. The molecule has 0 saturated carbocycles. The summed E-state index contributed by atoms with van der Waals surface area (Å²) in [5, 5.41) is 3.44. The van der Waals surface area contributed by atoms with E-state index in [2.05, 4.69) is 52.7 Å². The van der Waals surface area contributed by atoms with Crippen molar-refractivity contribution in [2.45, 2.75) is 25.8 Å². The molecule has 0 spiro atoms. The van der Waals surface area contributed by atoms with Gasteiger partial charge in [-0.25, -0.2) is 0 Å². The molecule has 4 rings (SSSR count). The molecule has 2 aromatic rings. The summed E-state index contributed by atoms with van der Waals surface area (Å²) in [5.74, 6) is 0. The zero-order valence-corrected chi connectivity index (χ0v) is 12.4. The minimum atomic E-state index is 1.08. The number of rotatable bonds is 3. The SMILES string of the molecule is c1ccc(-c2ccc3c(c2)CCN3)c(CN2CCCC2)c1. The second-order valence-electron chi connectivity index (χ2n) is 6.19. The van der Waals surface area contributed by atoms with E-state index in [1.807, 2.05) is 0 Å². The first kappa shape index (κ1) is 12.9. The maximum Gasteiger partial charge on any atom is 0.0373 e. The Kier molecular flexibility index (Phi) is 3.40. The number of nitrogens with one attached hydrogen (secondary N) is 1. The topological polar surface area (TPSA) is 15.3 Å². The van der Waals surface area contributed by atoms with Crippen molar-refractivity contribution >= 4 is 5.69 Å². The van der Waals surface area contributed by atoms with Gasteiger partial charge >= 0.3 is 0 Å². The second kappa shape index (κ2) is 5.53. The Hall–Kier alpha value is -1.80. The molecule has 2 heterocycles. The van der Waals surface area contributed by atoms with Crippen molar-refractivity contribution in [2.24, 2.45) is 0 Å². The van der Waals surface area contributed by atoms with E-state index in [1.165, 1.54) is 53.9 Å². The number of fused-ring (bicyclic) bond motifs is 1. The molecule has 21 heavy (non-hydrogen) atoms. The zero-order chi connectivity index (χ0) is 14.1. The Morgan fingerprint density at radius 1 is 1.00 bits per heavy atom.